The fraction of sp³-hybridized carbons (Fsp3) is 0.333. The summed E-state index contributed by atoms with van der Waals surface area (Å²) in [4.78, 5) is 9.07. The first-order valence-electron chi connectivity index (χ1n) is 7.90. The Labute approximate surface area is 131 Å². The maximum absolute atomic E-state index is 4.67. The molecule has 0 radical (unpaired) electrons. The van der Waals surface area contributed by atoms with Crippen LogP contribution in [0.4, 0.5) is 0 Å². The maximum Gasteiger partial charge on any atom is 0.191 e. The number of aromatic nitrogens is 1. The van der Waals surface area contributed by atoms with E-state index in [0.717, 1.165) is 23.8 Å². The van der Waals surface area contributed by atoms with Gasteiger partial charge in [-0.2, -0.15) is 0 Å². The number of hydrogen-bond donors (Lipinski definition) is 2. The summed E-state index contributed by atoms with van der Waals surface area (Å²) in [6, 6.07) is 15.0. The Hall–Kier alpha value is -2.36. The summed E-state index contributed by atoms with van der Waals surface area (Å²) in [6.07, 6.45) is 4.32. The van der Waals surface area contributed by atoms with E-state index in [1.807, 2.05) is 24.4 Å². The highest BCUT2D eigenvalue weighted by Gasteiger charge is 2.21. The molecule has 1 fully saturated rings. The van der Waals surface area contributed by atoms with Crippen LogP contribution in [0.25, 0.3) is 11.3 Å². The van der Waals surface area contributed by atoms with Crippen LogP contribution >= 0.6 is 0 Å². The van der Waals surface area contributed by atoms with Crippen LogP contribution in [0.5, 0.6) is 0 Å². The van der Waals surface area contributed by atoms with E-state index in [-0.39, 0.29) is 0 Å². The molecule has 4 heteroatoms. The van der Waals surface area contributed by atoms with Crippen molar-refractivity contribution in [2.45, 2.75) is 32.4 Å². The molecule has 0 bridgehead atoms. The van der Waals surface area contributed by atoms with Crippen LogP contribution in [-0.2, 0) is 6.54 Å². The van der Waals surface area contributed by atoms with Gasteiger partial charge in [0.25, 0.3) is 0 Å². The van der Waals surface area contributed by atoms with E-state index >= 15 is 0 Å². The van der Waals surface area contributed by atoms with Crippen molar-refractivity contribution in [1.82, 2.24) is 15.6 Å². The molecule has 0 spiro atoms. The molecule has 1 aliphatic rings. The minimum absolute atomic E-state index is 0.609. The minimum Gasteiger partial charge on any atom is -0.357 e. The molecule has 0 saturated heterocycles. The van der Waals surface area contributed by atoms with Crippen molar-refractivity contribution in [3.8, 4) is 11.3 Å². The SMILES string of the molecule is CCNC(=NCc1cccc(-c2ccccn2)c1)NC1CC1. The summed E-state index contributed by atoms with van der Waals surface area (Å²) in [5.41, 5.74) is 3.32. The number of guanidine groups is 1. The summed E-state index contributed by atoms with van der Waals surface area (Å²) in [7, 11) is 0. The second-order valence-electron chi connectivity index (χ2n) is 5.53. The van der Waals surface area contributed by atoms with Gasteiger partial charge in [-0.3, -0.25) is 4.98 Å². The summed E-state index contributed by atoms with van der Waals surface area (Å²) >= 11 is 0. The van der Waals surface area contributed by atoms with E-state index in [1.54, 1.807) is 0 Å². The largest absolute Gasteiger partial charge is 0.357 e. The van der Waals surface area contributed by atoms with E-state index in [0.29, 0.717) is 12.6 Å². The van der Waals surface area contributed by atoms with Gasteiger partial charge in [-0.05, 0) is 43.5 Å². The lowest BCUT2D eigenvalue weighted by Gasteiger charge is -2.10. The zero-order valence-corrected chi connectivity index (χ0v) is 12.9. The third kappa shape index (κ3) is 4.07. The molecule has 4 nitrogen and oxygen atoms in total. The molecule has 0 amide bonds. The van der Waals surface area contributed by atoms with Crippen molar-refractivity contribution in [2.75, 3.05) is 6.54 Å². The normalized spacial score (nSPS) is 14.7. The Balaban J connectivity index is 1.71. The van der Waals surface area contributed by atoms with Gasteiger partial charge in [0, 0.05) is 24.3 Å². The lowest BCUT2D eigenvalue weighted by atomic mass is 10.1. The van der Waals surface area contributed by atoms with Crippen molar-refractivity contribution in [1.29, 1.82) is 0 Å². The van der Waals surface area contributed by atoms with Gasteiger partial charge in [0.2, 0.25) is 0 Å². The van der Waals surface area contributed by atoms with Crippen LogP contribution in [-0.4, -0.2) is 23.5 Å². The Morgan fingerprint density at radius 3 is 2.86 bits per heavy atom. The first kappa shape index (κ1) is 14.6. The molecule has 2 aromatic rings. The second-order valence-corrected chi connectivity index (χ2v) is 5.53. The monoisotopic (exact) mass is 294 g/mol. The molecule has 0 unspecified atom stereocenters. The number of nitrogens with one attached hydrogen (secondary N) is 2. The van der Waals surface area contributed by atoms with Crippen molar-refractivity contribution >= 4 is 5.96 Å². The van der Waals surface area contributed by atoms with Crippen molar-refractivity contribution in [3.63, 3.8) is 0 Å². The van der Waals surface area contributed by atoms with Crippen molar-refractivity contribution in [3.05, 3.63) is 54.2 Å². The lowest BCUT2D eigenvalue weighted by Crippen LogP contribution is -2.38. The molecule has 3 rings (SSSR count). The number of rotatable bonds is 5. The van der Waals surface area contributed by atoms with Gasteiger partial charge in [0.1, 0.15) is 0 Å². The van der Waals surface area contributed by atoms with Gasteiger partial charge >= 0.3 is 0 Å². The van der Waals surface area contributed by atoms with E-state index in [2.05, 4.69) is 51.8 Å². The molecule has 0 atom stereocenters. The average Bonchev–Trinajstić information content (AvgIpc) is 3.38. The second kappa shape index (κ2) is 7.07. The number of nitrogens with zero attached hydrogens (tertiary/aromatic N) is 2. The quantitative estimate of drug-likeness (QED) is 0.658. The highest BCUT2D eigenvalue weighted by molar-refractivity contribution is 5.80. The van der Waals surface area contributed by atoms with Crippen LogP contribution in [0.3, 0.4) is 0 Å². The summed E-state index contributed by atoms with van der Waals surface area (Å²) in [5, 5.41) is 6.73. The van der Waals surface area contributed by atoms with Crippen molar-refractivity contribution < 1.29 is 0 Å². The molecule has 114 valence electrons. The Morgan fingerprint density at radius 1 is 1.23 bits per heavy atom. The van der Waals surface area contributed by atoms with Gasteiger partial charge in [-0.25, -0.2) is 4.99 Å². The summed E-state index contributed by atoms with van der Waals surface area (Å²) in [6.45, 7) is 3.64. The number of aliphatic imine (C=N–C) groups is 1. The summed E-state index contributed by atoms with van der Waals surface area (Å²) in [5.74, 6) is 0.910. The standard InChI is InChI=1S/C18H22N4/c1-2-19-18(22-16-9-10-16)21-13-14-6-5-7-15(12-14)17-8-3-4-11-20-17/h3-8,11-12,16H,2,9-10,13H2,1H3,(H2,19,21,22). The Morgan fingerprint density at radius 2 is 2.14 bits per heavy atom. The van der Waals surface area contributed by atoms with Gasteiger partial charge in [-0.1, -0.05) is 24.3 Å². The summed E-state index contributed by atoms with van der Waals surface area (Å²) < 4.78 is 0. The van der Waals surface area contributed by atoms with Crippen LogP contribution in [0, 0.1) is 0 Å². The average molecular weight is 294 g/mol. The highest BCUT2D eigenvalue weighted by atomic mass is 15.2. The number of benzene rings is 1. The van der Waals surface area contributed by atoms with Crippen LogP contribution < -0.4 is 10.6 Å². The first-order valence-corrected chi connectivity index (χ1v) is 7.90. The predicted molar refractivity (Wildman–Crippen MR) is 90.6 cm³/mol. The number of pyridine rings is 1. The van der Waals surface area contributed by atoms with Gasteiger partial charge < -0.3 is 10.6 Å². The third-order valence-corrected chi connectivity index (χ3v) is 3.57. The zero-order chi connectivity index (χ0) is 15.2. The predicted octanol–water partition coefficient (Wildman–Crippen LogP) is 2.97. The fourth-order valence-electron chi connectivity index (χ4n) is 2.27. The first-order chi connectivity index (χ1) is 10.8. The maximum atomic E-state index is 4.67. The molecule has 1 heterocycles. The van der Waals surface area contributed by atoms with Crippen molar-refractivity contribution in [2.24, 2.45) is 4.99 Å². The van der Waals surface area contributed by atoms with E-state index in [9.17, 15) is 0 Å². The zero-order valence-electron chi connectivity index (χ0n) is 12.9. The minimum atomic E-state index is 0.609. The van der Waals surface area contributed by atoms with Crippen LogP contribution in [0.1, 0.15) is 25.3 Å². The number of hydrogen-bond acceptors (Lipinski definition) is 2. The smallest absolute Gasteiger partial charge is 0.191 e. The van der Waals surface area contributed by atoms with E-state index < -0.39 is 0 Å². The van der Waals surface area contributed by atoms with Crippen LogP contribution in [0.2, 0.25) is 0 Å². The van der Waals surface area contributed by atoms with Crippen LogP contribution in [0.15, 0.2) is 53.7 Å². The molecule has 1 aromatic carbocycles. The topological polar surface area (TPSA) is 49.3 Å². The molecule has 1 aliphatic carbocycles. The Kier molecular flexibility index (Phi) is 4.68. The molecule has 0 aliphatic heterocycles. The fourth-order valence-corrected chi connectivity index (χ4v) is 2.27. The molecule has 22 heavy (non-hydrogen) atoms. The molecular formula is C18H22N4. The lowest BCUT2D eigenvalue weighted by molar-refractivity contribution is 0.812. The molecular weight excluding hydrogens is 272 g/mol. The Bertz CT molecular complexity index is 633. The van der Waals surface area contributed by atoms with E-state index in [1.165, 1.54) is 18.4 Å². The third-order valence-electron chi connectivity index (χ3n) is 3.57. The molecule has 2 N–H and O–H groups in total. The highest BCUT2D eigenvalue weighted by Crippen LogP contribution is 2.19. The van der Waals surface area contributed by atoms with Gasteiger partial charge in [-0.15, -0.1) is 0 Å². The van der Waals surface area contributed by atoms with Gasteiger partial charge in [0.15, 0.2) is 5.96 Å². The molecule has 1 saturated carbocycles. The van der Waals surface area contributed by atoms with E-state index in [4.69, 9.17) is 0 Å². The molecule has 1 aromatic heterocycles. The van der Waals surface area contributed by atoms with Gasteiger partial charge in [0.05, 0.1) is 12.2 Å².